The summed E-state index contributed by atoms with van der Waals surface area (Å²) in [6.07, 6.45) is 4.49. The number of benzene rings is 2. The van der Waals surface area contributed by atoms with E-state index in [1.165, 1.54) is 12.1 Å². The van der Waals surface area contributed by atoms with Crippen molar-refractivity contribution in [3.8, 4) is 0 Å². The minimum Gasteiger partial charge on any atom is -0.309 e. The fourth-order valence-corrected chi connectivity index (χ4v) is 5.71. The molecule has 2 heterocycles. The average Bonchev–Trinajstić information content (AvgIpc) is 3.15. The first-order valence-electron chi connectivity index (χ1n) is 9.63. The normalized spacial score (nSPS) is 13.9. The SMILES string of the molecule is Cc1nnc(NS(=O)(=O)c2ccc3c(c2)CCCN3C(=O)/C=C/c2ccc(Cl)cc2Cl)s1. The second kappa shape index (κ2) is 9.19. The summed E-state index contributed by atoms with van der Waals surface area (Å²) in [6, 6.07) is 9.80. The third-order valence-corrected chi connectivity index (χ3v) is 7.64. The maximum Gasteiger partial charge on any atom is 0.263 e. The predicted molar refractivity (Wildman–Crippen MR) is 128 cm³/mol. The largest absolute Gasteiger partial charge is 0.309 e. The molecule has 0 spiro atoms. The number of aromatic nitrogens is 2. The van der Waals surface area contributed by atoms with Gasteiger partial charge in [0, 0.05) is 28.4 Å². The lowest BCUT2D eigenvalue weighted by Gasteiger charge is -2.29. The number of sulfonamides is 1. The van der Waals surface area contributed by atoms with E-state index in [4.69, 9.17) is 23.2 Å². The summed E-state index contributed by atoms with van der Waals surface area (Å²) in [5.74, 6) is -0.213. The summed E-state index contributed by atoms with van der Waals surface area (Å²) in [7, 11) is -3.81. The molecule has 0 fully saturated rings. The molecule has 1 aliphatic rings. The van der Waals surface area contributed by atoms with E-state index in [9.17, 15) is 13.2 Å². The Hall–Kier alpha value is -2.46. The van der Waals surface area contributed by atoms with Crippen molar-refractivity contribution in [3.05, 3.63) is 68.7 Å². The van der Waals surface area contributed by atoms with Gasteiger partial charge in [-0.05, 0) is 67.3 Å². The van der Waals surface area contributed by atoms with Gasteiger partial charge in [-0.25, -0.2) is 8.42 Å². The number of nitrogens with one attached hydrogen (secondary N) is 1. The number of fused-ring (bicyclic) bond motifs is 1. The molecule has 0 saturated carbocycles. The van der Waals surface area contributed by atoms with Gasteiger partial charge in [0.05, 0.1) is 4.90 Å². The Morgan fingerprint density at radius 3 is 2.72 bits per heavy atom. The van der Waals surface area contributed by atoms with Crippen molar-refractivity contribution in [1.29, 1.82) is 0 Å². The summed E-state index contributed by atoms with van der Waals surface area (Å²) >= 11 is 13.2. The molecule has 166 valence electrons. The fraction of sp³-hybridized carbons (Fsp3) is 0.190. The number of carbonyl (C=O) groups excluding carboxylic acids is 1. The van der Waals surface area contributed by atoms with E-state index in [0.29, 0.717) is 39.3 Å². The zero-order valence-electron chi connectivity index (χ0n) is 16.9. The minimum atomic E-state index is -3.81. The van der Waals surface area contributed by atoms with Gasteiger partial charge in [0.15, 0.2) is 0 Å². The second-order valence-corrected chi connectivity index (χ2v) is 10.8. The molecule has 11 heteroatoms. The summed E-state index contributed by atoms with van der Waals surface area (Å²) in [5.41, 5.74) is 2.17. The van der Waals surface area contributed by atoms with Crippen LogP contribution >= 0.6 is 34.5 Å². The van der Waals surface area contributed by atoms with E-state index in [2.05, 4.69) is 14.9 Å². The molecule has 0 radical (unpaired) electrons. The van der Waals surface area contributed by atoms with Crippen LogP contribution in [0.3, 0.4) is 0 Å². The summed E-state index contributed by atoms with van der Waals surface area (Å²) in [6.45, 7) is 2.29. The number of rotatable bonds is 5. The summed E-state index contributed by atoms with van der Waals surface area (Å²) in [4.78, 5) is 14.6. The average molecular weight is 509 g/mol. The summed E-state index contributed by atoms with van der Waals surface area (Å²) in [5, 5.41) is 9.47. The number of aryl methyl sites for hydroxylation is 2. The Morgan fingerprint density at radius 2 is 2.00 bits per heavy atom. The van der Waals surface area contributed by atoms with Crippen LogP contribution in [0.1, 0.15) is 22.6 Å². The standard InChI is InChI=1S/C21H18Cl2N4O3S2/c1-13-24-25-21(31-13)26-32(29,30)17-7-8-19-15(11-17)3-2-10-27(19)20(28)9-5-14-4-6-16(22)12-18(14)23/h4-9,11-12H,2-3,10H2,1H3,(H,25,26)/b9-5+. The van der Waals surface area contributed by atoms with Gasteiger partial charge in [0.25, 0.3) is 15.9 Å². The van der Waals surface area contributed by atoms with E-state index in [-0.39, 0.29) is 15.9 Å². The minimum absolute atomic E-state index is 0.113. The smallest absolute Gasteiger partial charge is 0.263 e. The van der Waals surface area contributed by atoms with E-state index in [0.717, 1.165) is 23.3 Å². The van der Waals surface area contributed by atoms with Crippen LogP contribution in [0.15, 0.2) is 47.4 Å². The van der Waals surface area contributed by atoms with Crippen molar-refractivity contribution in [3.63, 3.8) is 0 Å². The van der Waals surface area contributed by atoms with Gasteiger partial charge in [0.2, 0.25) is 5.13 Å². The molecule has 3 aromatic rings. The van der Waals surface area contributed by atoms with Crippen LogP contribution in [0.2, 0.25) is 10.0 Å². The van der Waals surface area contributed by atoms with Crippen LogP contribution in [-0.2, 0) is 21.2 Å². The zero-order chi connectivity index (χ0) is 22.9. The van der Waals surface area contributed by atoms with E-state index < -0.39 is 10.0 Å². The van der Waals surface area contributed by atoms with Crippen LogP contribution in [0.25, 0.3) is 6.08 Å². The molecule has 1 aromatic heterocycles. The highest BCUT2D eigenvalue weighted by Gasteiger charge is 2.24. The van der Waals surface area contributed by atoms with Gasteiger partial charge in [-0.1, -0.05) is 40.6 Å². The van der Waals surface area contributed by atoms with Gasteiger partial charge >= 0.3 is 0 Å². The Morgan fingerprint density at radius 1 is 1.19 bits per heavy atom. The molecule has 0 atom stereocenters. The highest BCUT2D eigenvalue weighted by molar-refractivity contribution is 7.93. The molecule has 4 rings (SSSR count). The first-order valence-corrected chi connectivity index (χ1v) is 12.7. The highest BCUT2D eigenvalue weighted by atomic mass is 35.5. The molecule has 2 aromatic carbocycles. The molecule has 1 N–H and O–H groups in total. The molecule has 1 aliphatic heterocycles. The van der Waals surface area contributed by atoms with Gasteiger partial charge in [-0.3, -0.25) is 9.52 Å². The number of anilines is 2. The number of halogens is 2. The zero-order valence-corrected chi connectivity index (χ0v) is 20.0. The lowest BCUT2D eigenvalue weighted by atomic mass is 10.0. The van der Waals surface area contributed by atoms with Crippen molar-refractivity contribution < 1.29 is 13.2 Å². The van der Waals surface area contributed by atoms with Crippen molar-refractivity contribution in [2.45, 2.75) is 24.7 Å². The molecule has 7 nitrogen and oxygen atoms in total. The molecule has 0 bridgehead atoms. The number of carbonyl (C=O) groups is 1. The molecular formula is C21H18Cl2N4O3S2. The molecule has 0 saturated heterocycles. The number of hydrogen-bond acceptors (Lipinski definition) is 6. The molecular weight excluding hydrogens is 491 g/mol. The topological polar surface area (TPSA) is 92.3 Å². The lowest BCUT2D eigenvalue weighted by Crippen LogP contribution is -2.34. The number of nitrogens with zero attached hydrogens (tertiary/aromatic N) is 3. The quantitative estimate of drug-likeness (QED) is 0.492. The van der Waals surface area contributed by atoms with Crippen molar-refractivity contribution in [1.82, 2.24) is 10.2 Å². The molecule has 32 heavy (non-hydrogen) atoms. The third kappa shape index (κ3) is 4.96. The van der Waals surface area contributed by atoms with Gasteiger partial charge in [-0.15, -0.1) is 10.2 Å². The van der Waals surface area contributed by atoms with E-state index >= 15 is 0 Å². The predicted octanol–water partition coefficient (Wildman–Crippen LogP) is 4.95. The molecule has 0 aliphatic carbocycles. The second-order valence-electron chi connectivity index (χ2n) is 7.11. The van der Waals surface area contributed by atoms with Crippen LogP contribution in [0.4, 0.5) is 10.8 Å². The van der Waals surface area contributed by atoms with Gasteiger partial charge in [0.1, 0.15) is 5.01 Å². The Bertz CT molecular complexity index is 1320. The maximum atomic E-state index is 12.9. The van der Waals surface area contributed by atoms with Gasteiger partial charge < -0.3 is 4.90 Å². The highest BCUT2D eigenvalue weighted by Crippen LogP contribution is 2.31. The Balaban J connectivity index is 1.56. The van der Waals surface area contributed by atoms with E-state index in [1.54, 1.807) is 48.2 Å². The van der Waals surface area contributed by atoms with Crippen molar-refractivity contribution in [2.24, 2.45) is 0 Å². The van der Waals surface area contributed by atoms with Crippen LogP contribution in [0, 0.1) is 6.92 Å². The first-order chi connectivity index (χ1) is 15.2. The first kappa shape index (κ1) is 22.7. The van der Waals surface area contributed by atoms with Crippen molar-refractivity contribution >= 4 is 67.4 Å². The van der Waals surface area contributed by atoms with Crippen LogP contribution in [0.5, 0.6) is 0 Å². The maximum absolute atomic E-state index is 12.9. The number of amides is 1. The van der Waals surface area contributed by atoms with Crippen molar-refractivity contribution in [2.75, 3.05) is 16.2 Å². The van der Waals surface area contributed by atoms with Gasteiger partial charge in [-0.2, -0.15) is 0 Å². The number of hydrogen-bond donors (Lipinski definition) is 1. The van der Waals surface area contributed by atoms with E-state index in [1.807, 2.05) is 0 Å². The van der Waals surface area contributed by atoms with Crippen LogP contribution in [-0.4, -0.2) is 31.1 Å². The third-order valence-electron chi connectivity index (χ3n) is 4.86. The Kier molecular flexibility index (Phi) is 6.52. The monoisotopic (exact) mass is 508 g/mol. The summed E-state index contributed by atoms with van der Waals surface area (Å²) < 4.78 is 27.9. The fourth-order valence-electron chi connectivity index (χ4n) is 3.37. The Labute approximate surface area is 199 Å². The molecule has 1 amide bonds. The van der Waals surface area contributed by atoms with Crippen LogP contribution < -0.4 is 9.62 Å². The molecule has 0 unspecified atom stereocenters. The lowest BCUT2D eigenvalue weighted by molar-refractivity contribution is -0.114.